The Bertz CT molecular complexity index is 117. The SMILES string of the molecule is CCCCCCCCCCC(Br)CCO. The number of rotatable bonds is 11. The fourth-order valence-electron chi connectivity index (χ4n) is 1.78. The molecule has 0 saturated carbocycles. The Morgan fingerprint density at radius 1 is 0.867 bits per heavy atom. The molecule has 2 heteroatoms. The normalized spacial score (nSPS) is 13.0. The molecule has 0 aromatic heterocycles. The summed E-state index contributed by atoms with van der Waals surface area (Å²) in [6, 6.07) is 0. The van der Waals surface area contributed by atoms with Gasteiger partial charge in [0.15, 0.2) is 0 Å². The van der Waals surface area contributed by atoms with Gasteiger partial charge >= 0.3 is 0 Å². The molecule has 0 heterocycles. The summed E-state index contributed by atoms with van der Waals surface area (Å²) in [6.07, 6.45) is 13.2. The van der Waals surface area contributed by atoms with Crippen LogP contribution < -0.4 is 0 Å². The first-order valence-corrected chi connectivity index (χ1v) is 7.47. The van der Waals surface area contributed by atoms with Gasteiger partial charge in [0.2, 0.25) is 0 Å². The molecule has 0 aromatic carbocycles. The van der Waals surface area contributed by atoms with Crippen molar-refractivity contribution < 1.29 is 5.11 Å². The highest BCUT2D eigenvalue weighted by molar-refractivity contribution is 9.09. The fourth-order valence-corrected chi connectivity index (χ4v) is 2.31. The van der Waals surface area contributed by atoms with Crippen LogP contribution in [-0.2, 0) is 0 Å². The molecule has 0 spiro atoms. The van der Waals surface area contributed by atoms with E-state index in [1.807, 2.05) is 0 Å². The summed E-state index contributed by atoms with van der Waals surface area (Å²) in [5, 5.41) is 8.73. The predicted octanol–water partition coefficient (Wildman–Crippen LogP) is 4.66. The second-order valence-electron chi connectivity index (χ2n) is 4.37. The molecule has 0 fully saturated rings. The molecule has 1 unspecified atom stereocenters. The standard InChI is InChI=1S/C13H27BrO/c1-2-3-4-5-6-7-8-9-10-13(14)11-12-15/h13,15H,2-12H2,1H3. The second-order valence-corrected chi connectivity index (χ2v) is 5.67. The maximum absolute atomic E-state index is 8.73. The van der Waals surface area contributed by atoms with Gasteiger partial charge in [0.05, 0.1) is 0 Å². The summed E-state index contributed by atoms with van der Waals surface area (Å²) >= 11 is 3.58. The van der Waals surface area contributed by atoms with Crippen LogP contribution in [0.1, 0.15) is 71.1 Å². The van der Waals surface area contributed by atoms with Gasteiger partial charge in [-0.3, -0.25) is 0 Å². The van der Waals surface area contributed by atoms with Crippen LogP contribution in [-0.4, -0.2) is 16.5 Å². The highest BCUT2D eigenvalue weighted by Gasteiger charge is 2.01. The third kappa shape index (κ3) is 12.4. The summed E-state index contributed by atoms with van der Waals surface area (Å²) < 4.78 is 0. The van der Waals surface area contributed by atoms with Crippen LogP contribution in [0.5, 0.6) is 0 Å². The monoisotopic (exact) mass is 278 g/mol. The lowest BCUT2D eigenvalue weighted by Crippen LogP contribution is -2.00. The zero-order valence-electron chi connectivity index (χ0n) is 10.2. The van der Waals surface area contributed by atoms with E-state index in [0.717, 1.165) is 6.42 Å². The van der Waals surface area contributed by atoms with Gasteiger partial charge < -0.3 is 5.11 Å². The summed E-state index contributed by atoms with van der Waals surface area (Å²) in [5.74, 6) is 0. The summed E-state index contributed by atoms with van der Waals surface area (Å²) in [7, 11) is 0. The average Bonchev–Trinajstić information content (AvgIpc) is 2.22. The van der Waals surface area contributed by atoms with E-state index in [9.17, 15) is 0 Å². The molecule has 15 heavy (non-hydrogen) atoms. The molecule has 0 bridgehead atoms. The number of hydrogen-bond donors (Lipinski definition) is 1. The van der Waals surface area contributed by atoms with Gasteiger partial charge in [-0.1, -0.05) is 74.2 Å². The minimum atomic E-state index is 0.312. The van der Waals surface area contributed by atoms with E-state index >= 15 is 0 Å². The van der Waals surface area contributed by atoms with Crippen molar-refractivity contribution in [1.29, 1.82) is 0 Å². The van der Waals surface area contributed by atoms with Gasteiger partial charge in [-0.15, -0.1) is 0 Å². The molecule has 0 amide bonds. The second kappa shape index (κ2) is 12.5. The Morgan fingerprint density at radius 2 is 1.40 bits per heavy atom. The third-order valence-corrected chi connectivity index (χ3v) is 3.73. The Labute approximate surface area is 104 Å². The van der Waals surface area contributed by atoms with E-state index in [2.05, 4.69) is 22.9 Å². The topological polar surface area (TPSA) is 20.2 Å². The van der Waals surface area contributed by atoms with Crippen molar-refractivity contribution in [2.45, 2.75) is 76.0 Å². The Kier molecular flexibility index (Phi) is 12.9. The van der Waals surface area contributed by atoms with E-state index in [1.165, 1.54) is 57.8 Å². The van der Waals surface area contributed by atoms with Gasteiger partial charge in [0, 0.05) is 11.4 Å². The van der Waals surface area contributed by atoms with Crippen molar-refractivity contribution in [1.82, 2.24) is 0 Å². The number of unbranched alkanes of at least 4 members (excludes halogenated alkanes) is 7. The maximum Gasteiger partial charge on any atom is 0.0441 e. The zero-order valence-corrected chi connectivity index (χ0v) is 11.8. The average molecular weight is 279 g/mol. The van der Waals surface area contributed by atoms with E-state index in [1.54, 1.807) is 0 Å². The van der Waals surface area contributed by atoms with Crippen LogP contribution >= 0.6 is 15.9 Å². The van der Waals surface area contributed by atoms with Gasteiger partial charge in [0.1, 0.15) is 0 Å². The van der Waals surface area contributed by atoms with Gasteiger partial charge in [-0.25, -0.2) is 0 Å². The summed E-state index contributed by atoms with van der Waals surface area (Å²) in [4.78, 5) is 0.530. The molecule has 1 nitrogen and oxygen atoms in total. The predicted molar refractivity (Wildman–Crippen MR) is 71.6 cm³/mol. The van der Waals surface area contributed by atoms with Crippen LogP contribution in [0, 0.1) is 0 Å². The quantitative estimate of drug-likeness (QED) is 0.430. The van der Waals surface area contributed by atoms with Crippen LogP contribution in [0.2, 0.25) is 0 Å². The minimum absolute atomic E-state index is 0.312. The molecule has 0 saturated heterocycles. The number of halogens is 1. The van der Waals surface area contributed by atoms with Gasteiger partial charge in [-0.05, 0) is 12.8 Å². The largest absolute Gasteiger partial charge is 0.396 e. The number of hydrogen-bond acceptors (Lipinski definition) is 1. The van der Waals surface area contributed by atoms with E-state index < -0.39 is 0 Å². The molecule has 1 atom stereocenters. The van der Waals surface area contributed by atoms with Crippen molar-refractivity contribution >= 4 is 15.9 Å². The maximum atomic E-state index is 8.73. The van der Waals surface area contributed by atoms with Crippen LogP contribution in [0.4, 0.5) is 0 Å². The molecular weight excluding hydrogens is 252 g/mol. The van der Waals surface area contributed by atoms with E-state index in [0.29, 0.717) is 11.4 Å². The van der Waals surface area contributed by atoms with Crippen molar-refractivity contribution in [3.8, 4) is 0 Å². The van der Waals surface area contributed by atoms with Crippen LogP contribution in [0.15, 0.2) is 0 Å². The fraction of sp³-hybridized carbons (Fsp3) is 1.00. The summed E-state index contributed by atoms with van der Waals surface area (Å²) in [5.41, 5.74) is 0. The van der Waals surface area contributed by atoms with E-state index in [4.69, 9.17) is 5.11 Å². The highest BCUT2D eigenvalue weighted by Crippen LogP contribution is 2.15. The highest BCUT2D eigenvalue weighted by atomic mass is 79.9. The Morgan fingerprint density at radius 3 is 1.93 bits per heavy atom. The lowest BCUT2D eigenvalue weighted by atomic mass is 10.1. The molecule has 92 valence electrons. The number of alkyl halides is 1. The van der Waals surface area contributed by atoms with Gasteiger partial charge in [0.25, 0.3) is 0 Å². The lowest BCUT2D eigenvalue weighted by molar-refractivity contribution is 0.285. The number of aliphatic hydroxyl groups is 1. The molecule has 0 aliphatic carbocycles. The summed E-state index contributed by atoms with van der Waals surface area (Å²) in [6.45, 7) is 2.57. The van der Waals surface area contributed by atoms with Gasteiger partial charge in [-0.2, -0.15) is 0 Å². The first-order valence-electron chi connectivity index (χ1n) is 6.56. The molecule has 0 aliphatic rings. The van der Waals surface area contributed by atoms with Crippen LogP contribution in [0.25, 0.3) is 0 Å². The van der Waals surface area contributed by atoms with E-state index in [-0.39, 0.29) is 0 Å². The first kappa shape index (κ1) is 15.4. The molecular formula is C13H27BrO. The minimum Gasteiger partial charge on any atom is -0.396 e. The van der Waals surface area contributed by atoms with Crippen molar-refractivity contribution in [2.24, 2.45) is 0 Å². The zero-order chi connectivity index (χ0) is 11.4. The van der Waals surface area contributed by atoms with Crippen LogP contribution in [0.3, 0.4) is 0 Å². The van der Waals surface area contributed by atoms with Crippen molar-refractivity contribution in [3.63, 3.8) is 0 Å². The molecule has 0 radical (unpaired) electrons. The smallest absolute Gasteiger partial charge is 0.0441 e. The molecule has 0 aromatic rings. The Balaban J connectivity index is 2.98. The Hall–Kier alpha value is 0.440. The molecule has 0 rings (SSSR count). The third-order valence-electron chi connectivity index (χ3n) is 2.81. The molecule has 1 N–H and O–H groups in total. The van der Waals surface area contributed by atoms with Crippen molar-refractivity contribution in [3.05, 3.63) is 0 Å². The molecule has 0 aliphatic heterocycles. The van der Waals surface area contributed by atoms with Crippen molar-refractivity contribution in [2.75, 3.05) is 6.61 Å². The number of aliphatic hydroxyl groups excluding tert-OH is 1. The first-order chi connectivity index (χ1) is 7.31. The lowest BCUT2D eigenvalue weighted by Gasteiger charge is -2.07.